The van der Waals surface area contributed by atoms with Crippen LogP contribution in [0.15, 0.2) is 0 Å². The van der Waals surface area contributed by atoms with Gasteiger partial charge in [0, 0.05) is 18.5 Å². The normalized spacial score (nSPS) is 23.1. The Morgan fingerprint density at radius 3 is 2.06 bits per heavy atom. The van der Waals surface area contributed by atoms with Gasteiger partial charge in [0.2, 0.25) is 0 Å². The largest absolute Gasteiger partial charge is 0.389 e. The highest BCUT2D eigenvalue weighted by atomic mass is 19.4. The molecule has 0 heterocycles. The predicted molar refractivity (Wildman–Crippen MR) is 61.7 cm³/mol. The lowest BCUT2D eigenvalue weighted by atomic mass is 10.0. The third kappa shape index (κ3) is 4.86. The standard InChI is InChI=1S/C13H22F3N/c1-9(3-2-8-13(14,15)16)17-12(10-4-5-10)11-6-7-11/h9-12,17H,2-8H2,1H3. The van der Waals surface area contributed by atoms with E-state index in [1.165, 1.54) is 25.7 Å². The van der Waals surface area contributed by atoms with Gasteiger partial charge in [-0.15, -0.1) is 0 Å². The van der Waals surface area contributed by atoms with Crippen LogP contribution in [-0.2, 0) is 0 Å². The summed E-state index contributed by atoms with van der Waals surface area (Å²) in [5.41, 5.74) is 0. The van der Waals surface area contributed by atoms with Crippen molar-refractivity contribution in [2.75, 3.05) is 0 Å². The summed E-state index contributed by atoms with van der Waals surface area (Å²) in [5, 5.41) is 3.56. The predicted octanol–water partition coefficient (Wildman–Crippen LogP) is 3.89. The molecule has 2 rings (SSSR count). The first kappa shape index (κ1) is 13.2. The van der Waals surface area contributed by atoms with Gasteiger partial charge in [0.1, 0.15) is 0 Å². The van der Waals surface area contributed by atoms with E-state index in [1.54, 1.807) is 0 Å². The Labute approximate surface area is 101 Å². The Kier molecular flexibility index (Phi) is 4.01. The molecule has 2 fully saturated rings. The molecule has 1 N–H and O–H groups in total. The Balaban J connectivity index is 1.63. The molecular weight excluding hydrogens is 227 g/mol. The van der Waals surface area contributed by atoms with Crippen LogP contribution >= 0.6 is 0 Å². The maximum Gasteiger partial charge on any atom is 0.389 e. The van der Waals surface area contributed by atoms with E-state index in [-0.39, 0.29) is 12.5 Å². The molecule has 2 saturated carbocycles. The van der Waals surface area contributed by atoms with Crippen molar-refractivity contribution in [2.45, 2.75) is 70.1 Å². The Bertz CT molecular complexity index is 232. The molecule has 0 amide bonds. The number of hydrogen-bond donors (Lipinski definition) is 1. The molecule has 17 heavy (non-hydrogen) atoms. The van der Waals surface area contributed by atoms with E-state index >= 15 is 0 Å². The van der Waals surface area contributed by atoms with Gasteiger partial charge < -0.3 is 5.32 Å². The van der Waals surface area contributed by atoms with Gasteiger partial charge in [0.05, 0.1) is 0 Å². The summed E-state index contributed by atoms with van der Waals surface area (Å²) >= 11 is 0. The third-order valence-corrected chi connectivity index (χ3v) is 3.83. The summed E-state index contributed by atoms with van der Waals surface area (Å²) in [6, 6.07) is 0.819. The maximum absolute atomic E-state index is 12.0. The molecule has 1 atom stereocenters. The molecule has 4 heteroatoms. The highest BCUT2D eigenvalue weighted by Gasteiger charge is 2.41. The molecule has 0 saturated heterocycles. The van der Waals surface area contributed by atoms with E-state index in [0.29, 0.717) is 12.5 Å². The van der Waals surface area contributed by atoms with Gasteiger partial charge in [0.25, 0.3) is 0 Å². The maximum atomic E-state index is 12.0. The van der Waals surface area contributed by atoms with E-state index in [1.807, 2.05) is 6.92 Å². The summed E-state index contributed by atoms with van der Waals surface area (Å²) in [7, 11) is 0. The minimum Gasteiger partial charge on any atom is -0.311 e. The topological polar surface area (TPSA) is 12.0 Å². The second-order valence-electron chi connectivity index (χ2n) is 5.78. The zero-order valence-electron chi connectivity index (χ0n) is 10.4. The molecular formula is C13H22F3N. The number of halogens is 3. The fourth-order valence-electron chi connectivity index (χ4n) is 2.59. The summed E-state index contributed by atoms with van der Waals surface area (Å²) < 4.78 is 36.1. The van der Waals surface area contributed by atoms with Crippen LogP contribution in [0.5, 0.6) is 0 Å². The van der Waals surface area contributed by atoms with E-state index in [0.717, 1.165) is 11.8 Å². The van der Waals surface area contributed by atoms with Crippen LogP contribution in [0.3, 0.4) is 0 Å². The Hall–Kier alpha value is -0.250. The van der Waals surface area contributed by atoms with Crippen molar-refractivity contribution in [3.8, 4) is 0 Å². The zero-order valence-corrected chi connectivity index (χ0v) is 10.4. The van der Waals surface area contributed by atoms with Gasteiger partial charge in [-0.25, -0.2) is 0 Å². The molecule has 0 aromatic carbocycles. The van der Waals surface area contributed by atoms with Crippen LogP contribution in [0.25, 0.3) is 0 Å². The first-order valence-corrected chi connectivity index (χ1v) is 6.78. The molecule has 0 spiro atoms. The highest BCUT2D eigenvalue weighted by Crippen LogP contribution is 2.44. The van der Waals surface area contributed by atoms with Crippen LogP contribution < -0.4 is 5.32 Å². The molecule has 2 aliphatic carbocycles. The minimum absolute atomic E-state index is 0.226. The smallest absolute Gasteiger partial charge is 0.311 e. The lowest BCUT2D eigenvalue weighted by Gasteiger charge is -2.23. The molecule has 0 radical (unpaired) electrons. The average Bonchev–Trinajstić information content (AvgIpc) is 3.05. The fraction of sp³-hybridized carbons (Fsp3) is 1.00. The highest BCUT2D eigenvalue weighted by molar-refractivity contribution is 4.97. The molecule has 0 aliphatic heterocycles. The Morgan fingerprint density at radius 2 is 1.65 bits per heavy atom. The lowest BCUT2D eigenvalue weighted by molar-refractivity contribution is -0.135. The van der Waals surface area contributed by atoms with Gasteiger partial charge in [-0.1, -0.05) is 0 Å². The average molecular weight is 249 g/mol. The van der Waals surface area contributed by atoms with Gasteiger partial charge in [-0.05, 0) is 57.3 Å². The van der Waals surface area contributed by atoms with Gasteiger partial charge >= 0.3 is 6.18 Å². The molecule has 0 aromatic rings. The quantitative estimate of drug-likeness (QED) is 0.722. The lowest BCUT2D eigenvalue weighted by Crippen LogP contribution is -2.39. The fourth-order valence-corrected chi connectivity index (χ4v) is 2.59. The number of rotatable bonds is 7. The van der Waals surface area contributed by atoms with Crippen LogP contribution in [0.4, 0.5) is 13.2 Å². The van der Waals surface area contributed by atoms with E-state index in [9.17, 15) is 13.2 Å². The van der Waals surface area contributed by atoms with Crippen molar-refractivity contribution in [1.82, 2.24) is 5.32 Å². The van der Waals surface area contributed by atoms with Crippen LogP contribution in [0.1, 0.15) is 51.9 Å². The second kappa shape index (κ2) is 5.17. The summed E-state index contributed by atoms with van der Waals surface area (Å²) in [4.78, 5) is 0. The molecule has 1 nitrogen and oxygen atoms in total. The van der Waals surface area contributed by atoms with Gasteiger partial charge in [-0.2, -0.15) is 13.2 Å². The minimum atomic E-state index is -3.99. The number of nitrogens with one attached hydrogen (secondary N) is 1. The summed E-state index contributed by atoms with van der Waals surface area (Å²) in [6.45, 7) is 2.02. The second-order valence-corrected chi connectivity index (χ2v) is 5.78. The van der Waals surface area contributed by atoms with Crippen molar-refractivity contribution in [1.29, 1.82) is 0 Å². The number of hydrogen-bond acceptors (Lipinski definition) is 1. The molecule has 100 valence electrons. The zero-order chi connectivity index (χ0) is 12.5. The van der Waals surface area contributed by atoms with Crippen LogP contribution in [-0.4, -0.2) is 18.3 Å². The molecule has 1 unspecified atom stereocenters. The SMILES string of the molecule is CC(CCCC(F)(F)F)NC(C1CC1)C1CC1. The third-order valence-electron chi connectivity index (χ3n) is 3.83. The van der Waals surface area contributed by atoms with E-state index in [2.05, 4.69) is 5.32 Å². The van der Waals surface area contributed by atoms with E-state index in [4.69, 9.17) is 0 Å². The Morgan fingerprint density at radius 1 is 1.12 bits per heavy atom. The summed E-state index contributed by atoms with van der Waals surface area (Å²) in [6.07, 6.45) is 1.48. The monoisotopic (exact) mass is 249 g/mol. The molecule has 0 bridgehead atoms. The van der Waals surface area contributed by atoms with Crippen molar-refractivity contribution in [3.63, 3.8) is 0 Å². The van der Waals surface area contributed by atoms with Crippen molar-refractivity contribution in [2.24, 2.45) is 11.8 Å². The van der Waals surface area contributed by atoms with Crippen LogP contribution in [0, 0.1) is 11.8 Å². The van der Waals surface area contributed by atoms with Crippen molar-refractivity contribution in [3.05, 3.63) is 0 Å². The first-order valence-electron chi connectivity index (χ1n) is 6.78. The first-order chi connectivity index (χ1) is 7.96. The van der Waals surface area contributed by atoms with Crippen molar-refractivity contribution >= 4 is 0 Å². The van der Waals surface area contributed by atoms with Crippen LogP contribution in [0.2, 0.25) is 0 Å². The molecule has 0 aromatic heterocycles. The summed E-state index contributed by atoms with van der Waals surface area (Å²) in [5.74, 6) is 1.63. The van der Waals surface area contributed by atoms with Gasteiger partial charge in [-0.3, -0.25) is 0 Å². The van der Waals surface area contributed by atoms with Crippen molar-refractivity contribution < 1.29 is 13.2 Å². The van der Waals surface area contributed by atoms with Gasteiger partial charge in [0.15, 0.2) is 0 Å². The molecule has 2 aliphatic rings. The number of alkyl halides is 3. The van der Waals surface area contributed by atoms with E-state index < -0.39 is 12.6 Å².